The maximum absolute atomic E-state index is 14.3. The smallest absolute Gasteiger partial charge is 0.346 e. The molecular formula is C17H19FO3. The second kappa shape index (κ2) is 7.07. The van der Waals surface area contributed by atoms with Crippen molar-refractivity contribution in [3.63, 3.8) is 0 Å². The van der Waals surface area contributed by atoms with E-state index in [0.717, 1.165) is 12.8 Å². The first kappa shape index (κ1) is 15.3. The van der Waals surface area contributed by atoms with E-state index in [1.165, 1.54) is 0 Å². The van der Waals surface area contributed by atoms with Crippen LogP contribution in [-0.2, 0) is 6.42 Å². The molecule has 3 nitrogen and oxygen atoms in total. The van der Waals surface area contributed by atoms with Crippen LogP contribution in [0.15, 0.2) is 40.1 Å². The van der Waals surface area contributed by atoms with Crippen molar-refractivity contribution < 1.29 is 13.5 Å². The van der Waals surface area contributed by atoms with Gasteiger partial charge in [-0.05, 0) is 30.4 Å². The Morgan fingerprint density at radius 3 is 2.95 bits per heavy atom. The Morgan fingerprint density at radius 2 is 2.24 bits per heavy atom. The second-order valence-electron chi connectivity index (χ2n) is 4.87. The van der Waals surface area contributed by atoms with Crippen molar-refractivity contribution in [3.8, 4) is 5.75 Å². The van der Waals surface area contributed by atoms with Crippen LogP contribution in [0.3, 0.4) is 0 Å². The fourth-order valence-electron chi connectivity index (χ4n) is 2.11. The van der Waals surface area contributed by atoms with Gasteiger partial charge in [-0.15, -0.1) is 6.58 Å². The van der Waals surface area contributed by atoms with E-state index in [0.29, 0.717) is 30.6 Å². The molecule has 0 N–H and O–H groups in total. The highest BCUT2D eigenvalue weighted by Crippen LogP contribution is 2.25. The predicted molar refractivity (Wildman–Crippen MR) is 81.4 cm³/mol. The molecule has 112 valence electrons. The Balaban J connectivity index is 2.38. The summed E-state index contributed by atoms with van der Waals surface area (Å²) in [4.78, 5) is 12.0. The van der Waals surface area contributed by atoms with Gasteiger partial charge in [0.15, 0.2) is 11.6 Å². The zero-order valence-corrected chi connectivity index (χ0v) is 12.2. The van der Waals surface area contributed by atoms with E-state index in [2.05, 4.69) is 13.5 Å². The van der Waals surface area contributed by atoms with Crippen LogP contribution in [0.2, 0.25) is 0 Å². The van der Waals surface area contributed by atoms with Gasteiger partial charge in [0.05, 0.1) is 6.61 Å². The van der Waals surface area contributed by atoms with Crippen LogP contribution in [0.4, 0.5) is 4.39 Å². The molecule has 1 heterocycles. The lowest BCUT2D eigenvalue weighted by Crippen LogP contribution is -2.06. The quantitative estimate of drug-likeness (QED) is 0.566. The van der Waals surface area contributed by atoms with Crippen molar-refractivity contribution in [3.05, 3.63) is 52.9 Å². The molecule has 0 aliphatic carbocycles. The van der Waals surface area contributed by atoms with Gasteiger partial charge in [-0.2, -0.15) is 0 Å². The number of rotatable bonds is 7. The highest BCUT2D eigenvalue weighted by molar-refractivity contribution is 5.83. The van der Waals surface area contributed by atoms with Crippen molar-refractivity contribution >= 4 is 10.8 Å². The van der Waals surface area contributed by atoms with Gasteiger partial charge in [-0.25, -0.2) is 9.18 Å². The summed E-state index contributed by atoms with van der Waals surface area (Å²) in [5.41, 5.74) is -0.648. The molecule has 0 radical (unpaired) electrons. The molecule has 1 aromatic carbocycles. The molecule has 21 heavy (non-hydrogen) atoms. The van der Waals surface area contributed by atoms with Gasteiger partial charge >= 0.3 is 5.63 Å². The maximum atomic E-state index is 14.3. The molecule has 0 fully saturated rings. The lowest BCUT2D eigenvalue weighted by molar-refractivity contribution is 0.309. The molecule has 0 amide bonds. The minimum atomic E-state index is -0.660. The van der Waals surface area contributed by atoms with Crippen LogP contribution in [0.25, 0.3) is 10.8 Å². The lowest BCUT2D eigenvalue weighted by atomic mass is 10.1. The molecule has 0 saturated heterocycles. The predicted octanol–water partition coefficient (Wildman–Crippen LogP) is 4.23. The van der Waals surface area contributed by atoms with Gasteiger partial charge < -0.3 is 9.15 Å². The van der Waals surface area contributed by atoms with Crippen LogP contribution in [0, 0.1) is 5.82 Å². The summed E-state index contributed by atoms with van der Waals surface area (Å²) in [6.07, 6.45) is 4.92. The van der Waals surface area contributed by atoms with E-state index >= 15 is 0 Å². The van der Waals surface area contributed by atoms with Gasteiger partial charge in [0.1, 0.15) is 11.1 Å². The molecule has 0 aliphatic rings. The fourth-order valence-corrected chi connectivity index (χ4v) is 2.11. The minimum absolute atomic E-state index is 0.0497. The first-order valence-corrected chi connectivity index (χ1v) is 7.16. The maximum Gasteiger partial charge on any atom is 0.346 e. The highest BCUT2D eigenvalue weighted by atomic mass is 19.1. The van der Waals surface area contributed by atoms with Gasteiger partial charge in [0, 0.05) is 6.42 Å². The third-order valence-electron chi connectivity index (χ3n) is 3.24. The Labute approximate surface area is 123 Å². The van der Waals surface area contributed by atoms with E-state index in [-0.39, 0.29) is 11.1 Å². The topological polar surface area (TPSA) is 39.4 Å². The summed E-state index contributed by atoms with van der Waals surface area (Å²) < 4.78 is 24.8. The monoisotopic (exact) mass is 290 g/mol. The molecule has 2 aromatic rings. The Hall–Kier alpha value is -2.10. The lowest BCUT2D eigenvalue weighted by Gasteiger charge is -2.08. The van der Waals surface area contributed by atoms with E-state index in [9.17, 15) is 9.18 Å². The molecule has 4 heteroatoms. The zero-order chi connectivity index (χ0) is 15.2. The number of benzene rings is 1. The van der Waals surface area contributed by atoms with Gasteiger partial charge in [-0.1, -0.05) is 25.5 Å². The SMILES string of the molecule is C=CCCOc1ccc2cc(CCCC)oc(=O)c2c1F. The molecule has 0 bridgehead atoms. The van der Waals surface area contributed by atoms with Gasteiger partial charge in [0.2, 0.25) is 0 Å². The van der Waals surface area contributed by atoms with Crippen LogP contribution in [0.1, 0.15) is 31.9 Å². The van der Waals surface area contributed by atoms with Gasteiger partial charge in [0.25, 0.3) is 0 Å². The standard InChI is InChI=1S/C17H19FO3/c1-3-5-7-13-11-12-8-9-14(20-10-6-4-2)16(18)15(12)17(19)21-13/h4,8-9,11H,2-3,5-7,10H2,1H3. The van der Waals surface area contributed by atoms with Crippen LogP contribution >= 0.6 is 0 Å². The number of hydrogen-bond acceptors (Lipinski definition) is 3. The van der Waals surface area contributed by atoms with Crippen LogP contribution < -0.4 is 10.4 Å². The first-order valence-electron chi connectivity index (χ1n) is 7.16. The van der Waals surface area contributed by atoms with Crippen molar-refractivity contribution in [2.75, 3.05) is 6.61 Å². The summed E-state index contributed by atoms with van der Waals surface area (Å²) in [5.74, 6) is -0.000567. The highest BCUT2D eigenvalue weighted by Gasteiger charge is 2.14. The number of unbranched alkanes of at least 4 members (excludes halogenated alkanes) is 1. The Morgan fingerprint density at radius 1 is 1.43 bits per heavy atom. The Bertz CT molecular complexity index is 688. The average molecular weight is 290 g/mol. The number of halogens is 1. The normalized spacial score (nSPS) is 10.8. The summed E-state index contributed by atoms with van der Waals surface area (Å²) in [5, 5.41) is 0.497. The number of ether oxygens (including phenoxy) is 1. The fraction of sp³-hybridized carbons (Fsp3) is 0.353. The molecule has 0 atom stereocenters. The third kappa shape index (κ3) is 3.51. The Kier molecular flexibility index (Phi) is 5.14. The largest absolute Gasteiger partial charge is 0.490 e. The van der Waals surface area contributed by atoms with E-state index < -0.39 is 11.4 Å². The summed E-state index contributed by atoms with van der Waals surface area (Å²) >= 11 is 0. The van der Waals surface area contributed by atoms with Crippen molar-refractivity contribution in [2.45, 2.75) is 32.6 Å². The summed E-state index contributed by atoms with van der Waals surface area (Å²) in [7, 11) is 0. The average Bonchev–Trinajstić information content (AvgIpc) is 2.47. The molecule has 0 aliphatic heterocycles. The van der Waals surface area contributed by atoms with Crippen molar-refractivity contribution in [1.29, 1.82) is 0 Å². The molecular weight excluding hydrogens is 271 g/mol. The molecule has 0 saturated carbocycles. The number of hydrogen-bond donors (Lipinski definition) is 0. The van der Waals surface area contributed by atoms with Crippen LogP contribution in [-0.4, -0.2) is 6.61 Å². The summed E-state index contributed by atoms with van der Waals surface area (Å²) in [6.45, 7) is 5.96. The summed E-state index contributed by atoms with van der Waals surface area (Å²) in [6, 6.07) is 4.96. The number of fused-ring (bicyclic) bond motifs is 1. The second-order valence-corrected chi connectivity index (χ2v) is 4.87. The van der Waals surface area contributed by atoms with Crippen molar-refractivity contribution in [1.82, 2.24) is 0 Å². The number of aryl methyl sites for hydroxylation is 1. The van der Waals surface area contributed by atoms with E-state index in [1.807, 2.05) is 0 Å². The van der Waals surface area contributed by atoms with E-state index in [4.69, 9.17) is 9.15 Å². The zero-order valence-electron chi connectivity index (χ0n) is 12.2. The third-order valence-corrected chi connectivity index (χ3v) is 3.24. The van der Waals surface area contributed by atoms with Gasteiger partial charge in [-0.3, -0.25) is 0 Å². The van der Waals surface area contributed by atoms with Crippen LogP contribution in [0.5, 0.6) is 5.75 Å². The molecule has 0 unspecified atom stereocenters. The molecule has 2 rings (SSSR count). The van der Waals surface area contributed by atoms with Crippen molar-refractivity contribution in [2.24, 2.45) is 0 Å². The molecule has 0 spiro atoms. The minimum Gasteiger partial charge on any atom is -0.490 e. The first-order chi connectivity index (χ1) is 10.2. The molecule has 1 aromatic heterocycles. The van der Waals surface area contributed by atoms with E-state index in [1.54, 1.807) is 24.3 Å².